The van der Waals surface area contributed by atoms with Gasteiger partial charge in [0, 0.05) is 16.5 Å². The van der Waals surface area contributed by atoms with E-state index in [0.29, 0.717) is 11.4 Å². The van der Waals surface area contributed by atoms with Crippen molar-refractivity contribution < 1.29 is 60.0 Å². The van der Waals surface area contributed by atoms with Crippen molar-refractivity contribution in [2.45, 2.75) is 43.6 Å². The number of benzene rings is 1. The molecule has 0 bridgehead atoms. The molecule has 2 rings (SSSR count). The largest absolute Gasteiger partial charge is 0.466 e. The molecule has 0 spiro atoms. The smallest absolute Gasteiger partial charge is 0.432 e. The first kappa shape index (κ1) is 28.1. The van der Waals surface area contributed by atoms with Crippen LogP contribution in [0.5, 0.6) is 0 Å². The van der Waals surface area contributed by atoms with Crippen molar-refractivity contribution in [2.75, 3.05) is 13.2 Å². The molecule has 1 fully saturated rings. The fourth-order valence-corrected chi connectivity index (χ4v) is 4.20. The summed E-state index contributed by atoms with van der Waals surface area (Å²) in [7, 11) is 0. The summed E-state index contributed by atoms with van der Waals surface area (Å²) in [6.45, 7) is 1.07. The van der Waals surface area contributed by atoms with Gasteiger partial charge in [-0.05, 0) is 26.0 Å². The zero-order valence-corrected chi connectivity index (χ0v) is 18.2. The summed E-state index contributed by atoms with van der Waals surface area (Å²) in [5.74, 6) is -14.5. The van der Waals surface area contributed by atoms with E-state index in [2.05, 4.69) is 9.47 Å². The predicted octanol–water partition coefficient (Wildman–Crippen LogP) is 3.03. The molecule has 0 aromatic heterocycles. The molecule has 15 heteroatoms. The molecule has 0 aliphatic carbocycles. The minimum atomic E-state index is -6.08. The molecule has 5 atom stereocenters. The lowest BCUT2D eigenvalue weighted by Gasteiger charge is -2.54. The Bertz CT molecular complexity index is 874. The van der Waals surface area contributed by atoms with E-state index >= 15 is 0 Å². The van der Waals surface area contributed by atoms with Gasteiger partial charge in [-0.1, -0.05) is 17.7 Å². The summed E-state index contributed by atoms with van der Waals surface area (Å²) in [6, 6.07) is 2.41. The number of ether oxygens (including phenoxy) is 2. The molecular formula is C19H19ClF7NO6. The fourth-order valence-electron chi connectivity index (χ4n) is 3.91. The van der Waals surface area contributed by atoms with Gasteiger partial charge in [0.25, 0.3) is 0 Å². The van der Waals surface area contributed by atoms with Crippen molar-refractivity contribution in [3.63, 3.8) is 0 Å². The highest BCUT2D eigenvalue weighted by molar-refractivity contribution is 6.31. The van der Waals surface area contributed by atoms with Gasteiger partial charge in [-0.25, -0.2) is 9.71 Å². The van der Waals surface area contributed by atoms with Crippen LogP contribution < -0.4 is 5.32 Å². The van der Waals surface area contributed by atoms with Gasteiger partial charge in [-0.3, -0.25) is 9.59 Å². The summed E-state index contributed by atoms with van der Waals surface area (Å²) < 4.78 is 108. The lowest BCUT2D eigenvalue weighted by atomic mass is 9.64. The standard InChI is InChI=1S/C19H19ClF7NO6/c1-3-33-14(29)12-11(10-8(20)6-5-7-9(10)21)13(15(30)34-4-2)17(32,19(25,26)27)28-16(12,31)18(22,23)24/h5-7,11-13,28,31-32H,3-4H2,1-2H3/t11?,12-,13+,16+,17-. The maximum atomic E-state index is 14.8. The van der Waals surface area contributed by atoms with E-state index in [9.17, 15) is 50.5 Å². The third kappa shape index (κ3) is 4.55. The number of piperidine rings is 1. The number of esters is 2. The van der Waals surface area contributed by atoms with Gasteiger partial charge < -0.3 is 19.7 Å². The van der Waals surface area contributed by atoms with Crippen LogP contribution in [0.4, 0.5) is 30.7 Å². The van der Waals surface area contributed by atoms with Crippen LogP contribution in [0.25, 0.3) is 0 Å². The Morgan fingerprint density at radius 2 is 1.38 bits per heavy atom. The van der Waals surface area contributed by atoms with Crippen molar-refractivity contribution >= 4 is 23.5 Å². The maximum Gasteiger partial charge on any atom is 0.432 e. The summed E-state index contributed by atoms with van der Waals surface area (Å²) >= 11 is 5.88. The number of hydrogen-bond donors (Lipinski definition) is 3. The molecule has 1 heterocycles. The highest BCUT2D eigenvalue weighted by atomic mass is 35.5. The third-order valence-corrected chi connectivity index (χ3v) is 5.61. The highest BCUT2D eigenvalue weighted by Crippen LogP contribution is 2.56. The lowest BCUT2D eigenvalue weighted by Crippen LogP contribution is -2.81. The van der Waals surface area contributed by atoms with Crippen molar-refractivity contribution in [2.24, 2.45) is 11.8 Å². The van der Waals surface area contributed by atoms with Gasteiger partial charge in [0.05, 0.1) is 13.2 Å². The second kappa shape index (κ2) is 9.47. The van der Waals surface area contributed by atoms with Gasteiger partial charge in [0.15, 0.2) is 0 Å². The van der Waals surface area contributed by atoms with Crippen molar-refractivity contribution in [1.82, 2.24) is 5.32 Å². The first-order valence-corrected chi connectivity index (χ1v) is 10.00. The van der Waals surface area contributed by atoms with Crippen molar-refractivity contribution in [3.05, 3.63) is 34.6 Å². The molecular weight excluding hydrogens is 507 g/mol. The number of carbonyl (C=O) groups excluding carboxylic acids is 2. The number of carbonyl (C=O) groups is 2. The SMILES string of the molecule is CCOC(=O)[C@@H]1C(c2c(F)cccc2Cl)[C@H](C(=O)OCC)[C@](O)(C(F)(F)F)N[C@]1(O)C(F)(F)F. The predicted molar refractivity (Wildman–Crippen MR) is 99.5 cm³/mol. The second-order valence-corrected chi connectivity index (χ2v) is 7.68. The topological polar surface area (TPSA) is 105 Å². The second-order valence-electron chi connectivity index (χ2n) is 7.27. The van der Waals surface area contributed by atoms with Gasteiger partial charge in [0.1, 0.15) is 17.7 Å². The molecule has 1 aliphatic heterocycles. The number of aliphatic hydroxyl groups is 2. The maximum absolute atomic E-state index is 14.8. The Kier molecular flexibility index (Phi) is 7.82. The van der Waals surface area contributed by atoms with E-state index < -0.39 is 83.1 Å². The molecule has 1 saturated heterocycles. The quantitative estimate of drug-likeness (QED) is 0.401. The molecule has 1 unspecified atom stereocenters. The molecule has 1 aromatic rings. The molecule has 3 N–H and O–H groups in total. The number of alkyl halides is 6. The van der Waals surface area contributed by atoms with Crippen molar-refractivity contribution in [3.8, 4) is 0 Å². The van der Waals surface area contributed by atoms with Crippen LogP contribution in [0.1, 0.15) is 25.3 Å². The zero-order chi connectivity index (χ0) is 26.3. The van der Waals surface area contributed by atoms with E-state index in [-0.39, 0.29) is 0 Å². The average Bonchev–Trinajstić information content (AvgIpc) is 2.66. The minimum absolute atomic E-state index is 0.590. The van der Waals surface area contributed by atoms with Crippen molar-refractivity contribution in [1.29, 1.82) is 0 Å². The summed E-state index contributed by atoms with van der Waals surface area (Å²) in [5, 5.41) is 20.8. The Hall–Kier alpha value is -2.16. The van der Waals surface area contributed by atoms with Crippen LogP contribution in [-0.2, 0) is 19.1 Å². The van der Waals surface area contributed by atoms with E-state index in [4.69, 9.17) is 11.6 Å². The van der Waals surface area contributed by atoms with Gasteiger partial charge in [0.2, 0.25) is 11.4 Å². The molecule has 7 nitrogen and oxygen atoms in total. The number of halogens is 8. The lowest BCUT2D eigenvalue weighted by molar-refractivity contribution is -0.376. The Labute approximate surface area is 192 Å². The van der Waals surface area contributed by atoms with Crippen LogP contribution >= 0.6 is 11.6 Å². The summed E-state index contributed by atoms with van der Waals surface area (Å²) in [5.41, 5.74) is -10.9. The minimum Gasteiger partial charge on any atom is -0.466 e. The molecule has 0 saturated carbocycles. The Balaban J connectivity index is 3.06. The van der Waals surface area contributed by atoms with Crippen LogP contribution in [0.2, 0.25) is 5.02 Å². The molecule has 0 radical (unpaired) electrons. The fraction of sp³-hybridized carbons (Fsp3) is 0.579. The third-order valence-electron chi connectivity index (χ3n) is 5.28. The van der Waals surface area contributed by atoms with Gasteiger partial charge >= 0.3 is 24.3 Å². The number of nitrogens with one attached hydrogen (secondary N) is 1. The van der Waals surface area contributed by atoms with Gasteiger partial charge in [-0.15, -0.1) is 0 Å². The summed E-state index contributed by atoms with van der Waals surface area (Å²) in [4.78, 5) is 25.3. The first-order chi connectivity index (χ1) is 15.5. The number of hydrogen-bond acceptors (Lipinski definition) is 7. The van der Waals surface area contributed by atoms with Crippen LogP contribution in [0.15, 0.2) is 18.2 Å². The Morgan fingerprint density at radius 3 is 1.71 bits per heavy atom. The van der Waals surface area contributed by atoms with Crippen LogP contribution in [0, 0.1) is 17.7 Å². The molecule has 1 aliphatic rings. The molecule has 34 heavy (non-hydrogen) atoms. The number of rotatable bonds is 5. The molecule has 192 valence electrons. The van der Waals surface area contributed by atoms with Gasteiger partial charge in [-0.2, -0.15) is 26.3 Å². The molecule has 1 aromatic carbocycles. The van der Waals surface area contributed by atoms with E-state index in [1.807, 2.05) is 0 Å². The zero-order valence-electron chi connectivity index (χ0n) is 17.4. The van der Waals surface area contributed by atoms with E-state index in [1.165, 1.54) is 0 Å². The van der Waals surface area contributed by atoms with E-state index in [1.54, 1.807) is 0 Å². The summed E-state index contributed by atoms with van der Waals surface area (Å²) in [6.07, 6.45) is -12.2. The average molecular weight is 526 g/mol. The normalized spacial score (nSPS) is 30.1. The monoisotopic (exact) mass is 525 g/mol. The van der Waals surface area contributed by atoms with Crippen LogP contribution in [0.3, 0.4) is 0 Å². The molecule has 0 amide bonds. The Morgan fingerprint density at radius 1 is 0.971 bits per heavy atom. The highest BCUT2D eigenvalue weighted by Gasteiger charge is 2.78. The van der Waals surface area contributed by atoms with Crippen LogP contribution in [-0.4, -0.2) is 59.2 Å². The van der Waals surface area contributed by atoms with E-state index in [0.717, 1.165) is 26.0 Å². The first-order valence-electron chi connectivity index (χ1n) is 9.62.